The van der Waals surface area contributed by atoms with Crippen LogP contribution in [0.5, 0.6) is 0 Å². The van der Waals surface area contributed by atoms with Gasteiger partial charge in [0.05, 0.1) is 12.4 Å². The Morgan fingerprint density at radius 3 is 1.71 bits per heavy atom. The second kappa shape index (κ2) is 3.81. The number of hydrogen-bond acceptors (Lipinski definition) is 3. The van der Waals surface area contributed by atoms with Gasteiger partial charge in [0, 0.05) is 19.5 Å². The van der Waals surface area contributed by atoms with Crippen molar-refractivity contribution in [1.29, 1.82) is 0 Å². The normalized spacial score (nSPS) is 6.86. The van der Waals surface area contributed by atoms with E-state index in [-0.39, 0.29) is 19.5 Å². The van der Waals surface area contributed by atoms with Crippen molar-refractivity contribution in [3.8, 4) is 0 Å². The molecule has 1 aromatic rings. The molecule has 1 heterocycles. The van der Waals surface area contributed by atoms with Crippen molar-refractivity contribution in [2.75, 3.05) is 0 Å². The molecule has 0 saturated heterocycles. The van der Waals surface area contributed by atoms with E-state index < -0.39 is 0 Å². The topological polar surface area (TPSA) is 38.7 Å². The van der Waals surface area contributed by atoms with Crippen LogP contribution in [0.25, 0.3) is 0 Å². The Bertz CT molecular complexity index is 82.1. The van der Waals surface area contributed by atoms with Crippen molar-refractivity contribution in [3.05, 3.63) is 18.5 Å². The largest absolute Gasteiger partial charge is 0.139 e. The van der Waals surface area contributed by atoms with Gasteiger partial charge < -0.3 is 0 Å². The van der Waals surface area contributed by atoms with E-state index in [0.717, 1.165) is 0 Å². The number of rotatable bonds is 0. The van der Waals surface area contributed by atoms with Crippen molar-refractivity contribution in [2.45, 2.75) is 0 Å². The second-order valence-electron chi connectivity index (χ2n) is 0.811. The summed E-state index contributed by atoms with van der Waals surface area (Å²) in [5.41, 5.74) is 0. The van der Waals surface area contributed by atoms with E-state index in [0.29, 0.717) is 0 Å². The summed E-state index contributed by atoms with van der Waals surface area (Å²) < 4.78 is 0. The predicted octanol–water partition coefficient (Wildman–Crippen LogP) is -0.131. The summed E-state index contributed by atoms with van der Waals surface area (Å²) in [5.74, 6) is 0. The monoisotopic (exact) mass is 183 g/mol. The molecule has 7 heavy (non-hydrogen) atoms. The number of aromatic nitrogens is 3. The second-order valence-corrected chi connectivity index (χ2v) is 0.811. The summed E-state index contributed by atoms with van der Waals surface area (Å²) in [7, 11) is 0. The molecule has 0 unspecified atom stereocenters. The van der Waals surface area contributed by atoms with Crippen LogP contribution in [0.2, 0.25) is 0 Å². The summed E-state index contributed by atoms with van der Waals surface area (Å²) in [4.78, 5) is 0. The summed E-state index contributed by atoms with van der Waals surface area (Å²) in [6.45, 7) is 0. The van der Waals surface area contributed by atoms with Crippen LogP contribution in [-0.2, 0) is 19.5 Å². The Hall–Kier alpha value is -0.367. The average molecular weight is 182 g/mol. The minimum atomic E-state index is 0. The first kappa shape index (κ1) is 6.63. The molecule has 1 rings (SSSR count). The minimum Gasteiger partial charge on any atom is -0.139 e. The molecule has 3 nitrogen and oxygen atoms in total. The summed E-state index contributed by atoms with van der Waals surface area (Å²) in [6, 6.07) is 1.72. The van der Waals surface area contributed by atoms with Crippen LogP contribution in [0.4, 0.5) is 0 Å². The standard InChI is InChI=1S/C3H3N3.Ru/c1-2-4-6-5-3-1;/h1-3H;. The third kappa shape index (κ3) is 2.34. The zero-order chi connectivity index (χ0) is 4.24. The van der Waals surface area contributed by atoms with Crippen molar-refractivity contribution in [2.24, 2.45) is 0 Å². The maximum absolute atomic E-state index is 3.42. The van der Waals surface area contributed by atoms with Crippen LogP contribution in [0, 0.1) is 0 Å². The molecule has 38 valence electrons. The van der Waals surface area contributed by atoms with Crippen molar-refractivity contribution >= 4 is 0 Å². The molecule has 0 aliphatic rings. The molecule has 0 N–H and O–H groups in total. The Labute approximate surface area is 53.9 Å². The third-order valence-corrected chi connectivity index (χ3v) is 0.409. The van der Waals surface area contributed by atoms with Gasteiger partial charge in [0.15, 0.2) is 0 Å². The first-order chi connectivity index (χ1) is 3.00. The molecule has 4 heteroatoms. The zero-order valence-electron chi connectivity index (χ0n) is 3.43. The van der Waals surface area contributed by atoms with E-state index in [4.69, 9.17) is 0 Å². The first-order valence-corrected chi connectivity index (χ1v) is 1.58. The van der Waals surface area contributed by atoms with Crippen molar-refractivity contribution < 1.29 is 19.5 Å². The van der Waals surface area contributed by atoms with Gasteiger partial charge in [-0.15, -0.1) is 10.2 Å². The van der Waals surface area contributed by atoms with Crippen molar-refractivity contribution in [1.82, 2.24) is 15.4 Å². The Morgan fingerprint density at radius 1 is 1.00 bits per heavy atom. The van der Waals surface area contributed by atoms with Gasteiger partial charge in [-0.1, -0.05) is 0 Å². The smallest absolute Gasteiger partial charge is 0.0529 e. The van der Waals surface area contributed by atoms with Gasteiger partial charge in [0.25, 0.3) is 0 Å². The van der Waals surface area contributed by atoms with E-state index in [1.165, 1.54) is 0 Å². The van der Waals surface area contributed by atoms with Gasteiger partial charge in [-0.2, -0.15) is 0 Å². The fourth-order valence-corrected chi connectivity index (χ4v) is 0.205. The maximum atomic E-state index is 3.42. The predicted molar refractivity (Wildman–Crippen MR) is 19.8 cm³/mol. The van der Waals surface area contributed by atoms with E-state index in [9.17, 15) is 0 Å². The third-order valence-electron chi connectivity index (χ3n) is 0.409. The SMILES string of the molecule is [Ru].c1cnnnc1. The van der Waals surface area contributed by atoms with E-state index >= 15 is 0 Å². The fourth-order valence-electron chi connectivity index (χ4n) is 0.205. The molecule has 0 aliphatic carbocycles. The summed E-state index contributed by atoms with van der Waals surface area (Å²) >= 11 is 0. The van der Waals surface area contributed by atoms with E-state index in [2.05, 4.69) is 15.4 Å². The molecule has 0 atom stereocenters. The Morgan fingerprint density at radius 2 is 1.57 bits per heavy atom. The molecular weight excluding hydrogens is 179 g/mol. The van der Waals surface area contributed by atoms with Crippen LogP contribution >= 0.6 is 0 Å². The van der Waals surface area contributed by atoms with Gasteiger partial charge in [0.1, 0.15) is 0 Å². The fraction of sp³-hybridized carbons (Fsp3) is 0. The van der Waals surface area contributed by atoms with Crippen LogP contribution in [0.15, 0.2) is 18.5 Å². The Balaban J connectivity index is 0.000000360. The molecule has 0 radical (unpaired) electrons. The summed E-state index contributed by atoms with van der Waals surface area (Å²) in [6.07, 6.45) is 3.15. The first-order valence-electron chi connectivity index (χ1n) is 1.58. The molecule has 0 amide bonds. The van der Waals surface area contributed by atoms with Crippen LogP contribution < -0.4 is 0 Å². The van der Waals surface area contributed by atoms with Gasteiger partial charge in [-0.3, -0.25) is 0 Å². The number of nitrogens with zero attached hydrogens (tertiary/aromatic N) is 3. The molecule has 0 saturated carbocycles. The van der Waals surface area contributed by atoms with Gasteiger partial charge >= 0.3 is 0 Å². The van der Waals surface area contributed by atoms with Gasteiger partial charge in [0.2, 0.25) is 0 Å². The van der Waals surface area contributed by atoms with Gasteiger partial charge in [-0.05, 0) is 11.3 Å². The van der Waals surface area contributed by atoms with Crippen LogP contribution in [-0.4, -0.2) is 15.4 Å². The summed E-state index contributed by atoms with van der Waals surface area (Å²) in [5, 5.41) is 10.1. The maximum Gasteiger partial charge on any atom is 0.0529 e. The van der Waals surface area contributed by atoms with E-state index in [1.807, 2.05) is 0 Å². The van der Waals surface area contributed by atoms with Gasteiger partial charge in [-0.25, -0.2) is 0 Å². The molecule has 0 fully saturated rings. The molecule has 0 aliphatic heterocycles. The van der Waals surface area contributed by atoms with Crippen LogP contribution in [0.3, 0.4) is 0 Å². The number of hydrogen-bond donors (Lipinski definition) is 0. The molecule has 1 aromatic heterocycles. The zero-order valence-corrected chi connectivity index (χ0v) is 5.17. The average Bonchev–Trinajstić information content (AvgIpc) is 1.72. The van der Waals surface area contributed by atoms with Crippen molar-refractivity contribution in [3.63, 3.8) is 0 Å². The minimum absolute atomic E-state index is 0. The molecule has 0 spiro atoms. The Kier molecular flexibility index (Phi) is 3.61. The van der Waals surface area contributed by atoms with E-state index in [1.54, 1.807) is 18.5 Å². The molecule has 0 aromatic carbocycles. The quantitative estimate of drug-likeness (QED) is 0.524. The van der Waals surface area contributed by atoms with Crippen LogP contribution in [0.1, 0.15) is 0 Å². The molecule has 0 bridgehead atoms. The molecular formula is C3H3N3Ru.